The highest BCUT2D eigenvalue weighted by Crippen LogP contribution is 2.20. The molecule has 0 bridgehead atoms. The fourth-order valence-corrected chi connectivity index (χ4v) is 1.55. The van der Waals surface area contributed by atoms with Crippen molar-refractivity contribution in [3.63, 3.8) is 0 Å². The van der Waals surface area contributed by atoms with Crippen molar-refractivity contribution in [2.45, 2.75) is 0 Å². The monoisotopic (exact) mass is 258 g/mol. The van der Waals surface area contributed by atoms with Gasteiger partial charge >= 0.3 is 0 Å². The van der Waals surface area contributed by atoms with Gasteiger partial charge in [-0.15, -0.1) is 0 Å². The minimum Gasteiger partial charge on any atom is -0.268 e. The van der Waals surface area contributed by atoms with Crippen LogP contribution in [0.1, 0.15) is 10.4 Å². The Labute approximate surface area is 88.4 Å². The van der Waals surface area contributed by atoms with E-state index in [1.807, 2.05) is 5.32 Å². The summed E-state index contributed by atoms with van der Waals surface area (Å²) in [6.07, 6.45) is 1.54. The van der Waals surface area contributed by atoms with Gasteiger partial charge in [-0.05, 0) is 18.2 Å². The molecule has 13 heavy (non-hydrogen) atoms. The van der Waals surface area contributed by atoms with Crippen molar-refractivity contribution in [1.29, 1.82) is 5.26 Å². The first-order valence-electron chi connectivity index (χ1n) is 3.29. The Bertz CT molecular complexity index is 386. The molecule has 66 valence electrons. The van der Waals surface area contributed by atoms with E-state index in [9.17, 15) is 4.79 Å². The molecule has 0 radical (unpaired) electrons. The van der Waals surface area contributed by atoms with Crippen molar-refractivity contribution in [2.75, 3.05) is 0 Å². The first kappa shape index (κ1) is 10.0. The molecule has 0 aliphatic carbocycles. The van der Waals surface area contributed by atoms with Gasteiger partial charge in [-0.25, -0.2) is 0 Å². The van der Waals surface area contributed by atoms with Crippen LogP contribution < -0.4 is 5.32 Å². The van der Waals surface area contributed by atoms with E-state index in [4.69, 9.17) is 16.9 Å². The van der Waals surface area contributed by atoms with Gasteiger partial charge in [-0.3, -0.25) is 10.1 Å². The largest absolute Gasteiger partial charge is 0.268 e. The van der Waals surface area contributed by atoms with E-state index in [-0.39, 0.29) is 5.56 Å². The molecule has 0 atom stereocenters. The van der Waals surface area contributed by atoms with Gasteiger partial charge in [0, 0.05) is 4.47 Å². The minimum absolute atomic E-state index is 0.284. The third-order valence-corrected chi connectivity index (χ3v) is 2.15. The lowest BCUT2D eigenvalue weighted by atomic mass is 10.2. The van der Waals surface area contributed by atoms with Crippen LogP contribution in [0.5, 0.6) is 0 Å². The molecule has 0 saturated carbocycles. The molecule has 0 heterocycles. The number of nitrogens with one attached hydrogen (secondary N) is 1. The first-order chi connectivity index (χ1) is 6.15. The normalized spacial score (nSPS) is 9.00. The molecule has 0 saturated heterocycles. The number of amides is 1. The third kappa shape index (κ3) is 2.44. The van der Waals surface area contributed by atoms with Gasteiger partial charge in [0.25, 0.3) is 5.91 Å². The van der Waals surface area contributed by atoms with Crippen LogP contribution in [0.15, 0.2) is 22.7 Å². The summed E-state index contributed by atoms with van der Waals surface area (Å²) in [6.45, 7) is 0. The van der Waals surface area contributed by atoms with Gasteiger partial charge in [0.2, 0.25) is 0 Å². The van der Waals surface area contributed by atoms with Crippen LogP contribution in [0, 0.1) is 11.5 Å². The van der Waals surface area contributed by atoms with Crippen molar-refractivity contribution in [3.05, 3.63) is 33.3 Å². The zero-order valence-electron chi connectivity index (χ0n) is 6.34. The van der Waals surface area contributed by atoms with Gasteiger partial charge < -0.3 is 0 Å². The van der Waals surface area contributed by atoms with Crippen LogP contribution in [0.25, 0.3) is 0 Å². The second kappa shape index (κ2) is 4.26. The smallest absolute Gasteiger partial charge is 0.265 e. The van der Waals surface area contributed by atoms with E-state index in [0.717, 1.165) is 4.47 Å². The number of rotatable bonds is 1. The number of carbonyl (C=O) groups is 1. The molecule has 5 heteroatoms. The number of benzene rings is 1. The number of halogens is 2. The van der Waals surface area contributed by atoms with E-state index in [2.05, 4.69) is 15.9 Å². The summed E-state index contributed by atoms with van der Waals surface area (Å²) >= 11 is 8.96. The lowest BCUT2D eigenvalue weighted by molar-refractivity contribution is 0.0973. The van der Waals surface area contributed by atoms with Gasteiger partial charge in [-0.1, -0.05) is 27.5 Å². The summed E-state index contributed by atoms with van der Waals surface area (Å²) in [5.41, 5.74) is 0.284. The van der Waals surface area contributed by atoms with Gasteiger partial charge in [0.15, 0.2) is 6.19 Å². The fraction of sp³-hybridized carbons (Fsp3) is 0. The van der Waals surface area contributed by atoms with E-state index in [1.54, 1.807) is 18.2 Å². The van der Waals surface area contributed by atoms with E-state index in [0.29, 0.717) is 5.02 Å². The Hall–Kier alpha value is -1.05. The van der Waals surface area contributed by atoms with Crippen molar-refractivity contribution in [1.82, 2.24) is 5.32 Å². The lowest BCUT2D eigenvalue weighted by Gasteiger charge is -2.00. The SMILES string of the molecule is N#CNC(=O)c1ccc(Br)cc1Cl. The van der Waals surface area contributed by atoms with Gasteiger partial charge in [-0.2, -0.15) is 5.26 Å². The lowest BCUT2D eigenvalue weighted by Crippen LogP contribution is -2.17. The third-order valence-electron chi connectivity index (χ3n) is 1.35. The van der Waals surface area contributed by atoms with Crippen molar-refractivity contribution >= 4 is 33.4 Å². The molecule has 1 amide bonds. The Morgan fingerprint density at radius 1 is 1.62 bits per heavy atom. The highest BCUT2D eigenvalue weighted by molar-refractivity contribution is 9.10. The molecular weight excluding hydrogens is 255 g/mol. The maximum atomic E-state index is 11.1. The number of hydrogen-bond acceptors (Lipinski definition) is 2. The summed E-state index contributed by atoms with van der Waals surface area (Å²) in [5, 5.41) is 10.5. The molecule has 0 spiro atoms. The summed E-state index contributed by atoms with van der Waals surface area (Å²) in [7, 11) is 0. The average molecular weight is 259 g/mol. The summed E-state index contributed by atoms with van der Waals surface area (Å²) in [5.74, 6) is -0.500. The molecule has 0 aromatic heterocycles. The molecule has 1 N–H and O–H groups in total. The van der Waals surface area contributed by atoms with E-state index in [1.165, 1.54) is 6.19 Å². The quantitative estimate of drug-likeness (QED) is 0.621. The summed E-state index contributed by atoms with van der Waals surface area (Å²) in [4.78, 5) is 11.1. The number of hydrogen-bond donors (Lipinski definition) is 1. The maximum absolute atomic E-state index is 11.1. The zero-order valence-corrected chi connectivity index (χ0v) is 8.69. The van der Waals surface area contributed by atoms with Crippen LogP contribution in [0.3, 0.4) is 0 Å². The topological polar surface area (TPSA) is 52.9 Å². The fourth-order valence-electron chi connectivity index (χ4n) is 0.792. The van der Waals surface area contributed by atoms with Crippen LogP contribution in [0.4, 0.5) is 0 Å². The highest BCUT2D eigenvalue weighted by Gasteiger charge is 2.09. The van der Waals surface area contributed by atoms with Crippen LogP contribution in [-0.2, 0) is 0 Å². The first-order valence-corrected chi connectivity index (χ1v) is 4.46. The van der Waals surface area contributed by atoms with Crippen molar-refractivity contribution in [3.8, 4) is 6.19 Å². The molecule has 0 unspecified atom stereocenters. The highest BCUT2D eigenvalue weighted by atomic mass is 79.9. The summed E-state index contributed by atoms with van der Waals surface area (Å²) < 4.78 is 0.783. The molecular formula is C8H4BrClN2O. The van der Waals surface area contributed by atoms with Crippen LogP contribution in [-0.4, -0.2) is 5.91 Å². The second-order valence-corrected chi connectivity index (χ2v) is 3.51. The van der Waals surface area contributed by atoms with Crippen LogP contribution in [0.2, 0.25) is 5.02 Å². The predicted octanol–water partition coefficient (Wildman–Crippen LogP) is 2.31. The summed E-state index contributed by atoms with van der Waals surface area (Å²) in [6, 6.07) is 4.81. The molecule has 0 aliphatic rings. The number of nitrogens with zero attached hydrogens (tertiary/aromatic N) is 1. The van der Waals surface area contributed by atoms with Gasteiger partial charge in [0.1, 0.15) is 0 Å². The minimum atomic E-state index is -0.500. The number of carbonyl (C=O) groups excluding carboxylic acids is 1. The predicted molar refractivity (Wildman–Crippen MR) is 52.2 cm³/mol. The maximum Gasteiger partial charge on any atom is 0.265 e. The molecule has 0 aliphatic heterocycles. The van der Waals surface area contributed by atoms with Crippen molar-refractivity contribution in [2.24, 2.45) is 0 Å². The molecule has 0 fully saturated rings. The molecule has 1 rings (SSSR count). The van der Waals surface area contributed by atoms with Gasteiger partial charge in [0.05, 0.1) is 10.6 Å². The second-order valence-electron chi connectivity index (χ2n) is 2.19. The van der Waals surface area contributed by atoms with E-state index >= 15 is 0 Å². The Kier molecular flexibility index (Phi) is 3.29. The van der Waals surface area contributed by atoms with Crippen LogP contribution >= 0.6 is 27.5 Å². The Morgan fingerprint density at radius 3 is 2.85 bits per heavy atom. The molecule has 3 nitrogen and oxygen atoms in total. The number of nitriles is 1. The zero-order chi connectivity index (χ0) is 9.84. The standard InChI is InChI=1S/C8H4BrClN2O/c9-5-1-2-6(7(10)3-5)8(13)12-4-11/h1-3H,(H,12,13). The van der Waals surface area contributed by atoms with Crippen molar-refractivity contribution < 1.29 is 4.79 Å². The Morgan fingerprint density at radius 2 is 2.31 bits per heavy atom. The Balaban J connectivity index is 3.03. The molecule has 1 aromatic rings. The molecule has 1 aromatic carbocycles. The van der Waals surface area contributed by atoms with E-state index < -0.39 is 5.91 Å². The average Bonchev–Trinajstić information content (AvgIpc) is 2.04.